The van der Waals surface area contributed by atoms with Crippen LogP contribution in [0, 0.1) is 13.8 Å². The van der Waals surface area contributed by atoms with E-state index in [0.717, 1.165) is 24.0 Å². The number of aromatic carboxylic acids is 1. The molecule has 1 aromatic rings. The minimum atomic E-state index is -0.910. The lowest BCUT2D eigenvalue weighted by molar-refractivity contribution is 0.0693. The highest BCUT2D eigenvalue weighted by Gasteiger charge is 2.17. The molecule has 0 heterocycles. The van der Waals surface area contributed by atoms with E-state index in [4.69, 9.17) is 4.74 Å². The van der Waals surface area contributed by atoms with E-state index in [9.17, 15) is 9.90 Å². The van der Waals surface area contributed by atoms with E-state index in [1.54, 1.807) is 7.11 Å². The number of unbranched alkanes of at least 4 members (excludes halogenated alkanes) is 13. The molecule has 0 bridgehead atoms. The molecule has 29 heavy (non-hydrogen) atoms. The molecule has 0 radical (unpaired) electrons. The number of hydrogen-bond acceptors (Lipinski definition) is 2. The molecule has 0 atom stereocenters. The van der Waals surface area contributed by atoms with Crippen molar-refractivity contribution in [1.82, 2.24) is 0 Å². The topological polar surface area (TPSA) is 46.5 Å². The van der Waals surface area contributed by atoms with Crippen molar-refractivity contribution in [3.05, 3.63) is 28.3 Å². The number of carboxylic acids is 1. The van der Waals surface area contributed by atoms with Crippen LogP contribution in [0.2, 0.25) is 0 Å². The summed E-state index contributed by atoms with van der Waals surface area (Å²) in [6.45, 7) is 6.30. The van der Waals surface area contributed by atoms with Crippen LogP contribution in [0.15, 0.2) is 6.07 Å². The Morgan fingerprint density at radius 2 is 1.24 bits per heavy atom. The Morgan fingerprint density at radius 1 is 0.793 bits per heavy atom. The van der Waals surface area contributed by atoms with Gasteiger partial charge in [0.05, 0.1) is 7.11 Å². The highest BCUT2D eigenvalue weighted by Crippen LogP contribution is 2.30. The summed E-state index contributed by atoms with van der Waals surface area (Å²) in [4.78, 5) is 11.5. The van der Waals surface area contributed by atoms with Gasteiger partial charge in [0.15, 0.2) is 0 Å². The number of aryl methyl sites for hydroxylation is 1. The molecule has 0 fully saturated rings. The first kappa shape index (κ1) is 25.5. The third-order valence-electron chi connectivity index (χ3n) is 6.18. The van der Waals surface area contributed by atoms with Gasteiger partial charge in [-0.3, -0.25) is 0 Å². The van der Waals surface area contributed by atoms with Crippen LogP contribution in [-0.4, -0.2) is 18.2 Å². The highest BCUT2D eigenvalue weighted by molar-refractivity contribution is 5.92. The Morgan fingerprint density at radius 3 is 1.66 bits per heavy atom. The van der Waals surface area contributed by atoms with Gasteiger partial charge in [-0.1, -0.05) is 90.4 Å². The maximum Gasteiger partial charge on any atom is 0.339 e. The smallest absolute Gasteiger partial charge is 0.339 e. The molecule has 1 N–H and O–H groups in total. The van der Waals surface area contributed by atoms with E-state index in [0.29, 0.717) is 5.75 Å². The molecule has 0 aromatic heterocycles. The van der Waals surface area contributed by atoms with Crippen molar-refractivity contribution in [2.24, 2.45) is 0 Å². The first-order valence-corrected chi connectivity index (χ1v) is 11.9. The number of rotatable bonds is 17. The number of methoxy groups -OCH3 is 1. The Labute approximate surface area is 179 Å². The molecule has 1 rings (SSSR count). The second-order valence-electron chi connectivity index (χ2n) is 8.52. The van der Waals surface area contributed by atoms with Crippen LogP contribution < -0.4 is 4.74 Å². The van der Waals surface area contributed by atoms with Crippen LogP contribution in [0.4, 0.5) is 0 Å². The summed E-state index contributed by atoms with van der Waals surface area (Å²) in [5.74, 6) is -0.410. The van der Waals surface area contributed by atoms with Crippen LogP contribution in [0.3, 0.4) is 0 Å². The number of carboxylic acid groups (broad SMARTS) is 1. The molecule has 0 spiro atoms. The predicted octanol–water partition coefficient (Wildman–Crippen LogP) is 8.03. The minimum Gasteiger partial charge on any atom is -0.496 e. The summed E-state index contributed by atoms with van der Waals surface area (Å²) >= 11 is 0. The monoisotopic (exact) mass is 404 g/mol. The highest BCUT2D eigenvalue weighted by atomic mass is 16.5. The molecule has 0 saturated carbocycles. The fourth-order valence-electron chi connectivity index (χ4n) is 4.15. The summed E-state index contributed by atoms with van der Waals surface area (Å²) in [6.07, 6.45) is 19.9. The molecule has 0 aliphatic rings. The normalized spacial score (nSPS) is 11.0. The second kappa shape index (κ2) is 15.3. The minimum absolute atomic E-state index is 0.288. The van der Waals surface area contributed by atoms with Gasteiger partial charge in [0.25, 0.3) is 0 Å². The average molecular weight is 405 g/mol. The quantitative estimate of drug-likeness (QED) is 0.267. The molecular formula is C26H44O3. The SMILES string of the molecule is CCCCCCCCCCCCCCCCc1cc(C(=O)O)c(OC)c(C)c1C. The Kier molecular flexibility index (Phi) is 13.5. The van der Waals surface area contributed by atoms with Gasteiger partial charge in [0.1, 0.15) is 11.3 Å². The number of benzene rings is 1. The number of hydrogen-bond donors (Lipinski definition) is 1. The van der Waals surface area contributed by atoms with Crippen molar-refractivity contribution in [1.29, 1.82) is 0 Å². The van der Waals surface area contributed by atoms with Crippen LogP contribution in [-0.2, 0) is 6.42 Å². The Bertz CT molecular complexity index is 592. The summed E-state index contributed by atoms with van der Waals surface area (Å²) in [5, 5.41) is 9.45. The van der Waals surface area contributed by atoms with Crippen molar-refractivity contribution in [2.45, 2.75) is 117 Å². The lowest BCUT2D eigenvalue weighted by Crippen LogP contribution is -2.06. The van der Waals surface area contributed by atoms with Crippen LogP contribution >= 0.6 is 0 Å². The summed E-state index contributed by atoms with van der Waals surface area (Å²) < 4.78 is 5.32. The van der Waals surface area contributed by atoms with E-state index in [1.807, 2.05) is 13.0 Å². The van der Waals surface area contributed by atoms with E-state index in [2.05, 4.69) is 13.8 Å². The molecular weight excluding hydrogens is 360 g/mol. The van der Waals surface area contributed by atoms with Gasteiger partial charge >= 0.3 is 5.97 Å². The van der Waals surface area contributed by atoms with Gasteiger partial charge in [-0.15, -0.1) is 0 Å². The molecule has 0 saturated heterocycles. The van der Waals surface area contributed by atoms with Gasteiger partial charge in [0.2, 0.25) is 0 Å². The standard InChI is InChI=1S/C26H44O3/c1-5-6-7-8-9-10-11-12-13-14-15-16-17-18-19-23-20-24(26(27)28)25(29-4)22(3)21(23)2/h20H,5-19H2,1-4H3,(H,27,28). The van der Waals surface area contributed by atoms with Crippen LogP contribution in [0.5, 0.6) is 5.75 Å². The molecule has 166 valence electrons. The van der Waals surface area contributed by atoms with Gasteiger partial charge in [-0.2, -0.15) is 0 Å². The van der Waals surface area contributed by atoms with Crippen molar-refractivity contribution >= 4 is 5.97 Å². The molecule has 0 aliphatic heterocycles. The fourth-order valence-corrected chi connectivity index (χ4v) is 4.15. The third kappa shape index (κ3) is 9.69. The zero-order valence-corrected chi connectivity index (χ0v) is 19.4. The van der Waals surface area contributed by atoms with Gasteiger partial charge < -0.3 is 9.84 Å². The molecule has 1 aromatic carbocycles. The fraction of sp³-hybridized carbons (Fsp3) is 0.731. The molecule has 0 unspecified atom stereocenters. The predicted molar refractivity (Wildman–Crippen MR) is 123 cm³/mol. The first-order valence-electron chi connectivity index (χ1n) is 11.9. The lowest BCUT2D eigenvalue weighted by atomic mass is 9.94. The molecule has 0 amide bonds. The van der Waals surface area contributed by atoms with E-state index in [-0.39, 0.29) is 5.56 Å². The first-order chi connectivity index (χ1) is 14.0. The van der Waals surface area contributed by atoms with Crippen molar-refractivity contribution in [3.8, 4) is 5.75 Å². The van der Waals surface area contributed by atoms with Crippen LogP contribution in [0.1, 0.15) is 124 Å². The molecule has 0 aliphatic carbocycles. The Hall–Kier alpha value is -1.51. The third-order valence-corrected chi connectivity index (χ3v) is 6.18. The zero-order valence-electron chi connectivity index (χ0n) is 19.4. The summed E-state index contributed by atoms with van der Waals surface area (Å²) in [7, 11) is 1.54. The molecule has 3 nitrogen and oxygen atoms in total. The zero-order chi connectivity index (χ0) is 21.5. The van der Waals surface area contributed by atoms with Crippen LogP contribution in [0.25, 0.3) is 0 Å². The van der Waals surface area contributed by atoms with E-state index in [1.165, 1.54) is 89.0 Å². The van der Waals surface area contributed by atoms with Gasteiger partial charge in [-0.05, 0) is 49.4 Å². The summed E-state index contributed by atoms with van der Waals surface area (Å²) in [5.41, 5.74) is 3.56. The van der Waals surface area contributed by atoms with Gasteiger partial charge in [-0.25, -0.2) is 4.79 Å². The summed E-state index contributed by atoms with van der Waals surface area (Å²) in [6, 6.07) is 1.81. The maximum absolute atomic E-state index is 11.5. The average Bonchev–Trinajstić information content (AvgIpc) is 2.70. The lowest BCUT2D eigenvalue weighted by Gasteiger charge is -2.15. The van der Waals surface area contributed by atoms with E-state index >= 15 is 0 Å². The van der Waals surface area contributed by atoms with Gasteiger partial charge in [0, 0.05) is 0 Å². The Balaban J connectivity index is 2.16. The number of ether oxygens (including phenoxy) is 1. The number of carbonyl (C=O) groups is 1. The second-order valence-corrected chi connectivity index (χ2v) is 8.52. The van der Waals surface area contributed by atoms with Crippen molar-refractivity contribution in [3.63, 3.8) is 0 Å². The maximum atomic E-state index is 11.5. The van der Waals surface area contributed by atoms with Crippen molar-refractivity contribution < 1.29 is 14.6 Å². The molecule has 3 heteroatoms. The van der Waals surface area contributed by atoms with E-state index < -0.39 is 5.97 Å². The van der Waals surface area contributed by atoms with Crippen molar-refractivity contribution in [2.75, 3.05) is 7.11 Å². The largest absolute Gasteiger partial charge is 0.496 e.